The average molecular weight is 230 g/mol. The fraction of sp³-hybridized carbons (Fsp3) is 0.385. The Balaban J connectivity index is 2.67. The molecule has 0 amide bonds. The standard InChI is InChI=1S/C13H18N4/c1-2-8-15-10-13(11-16-17-14)9-12-6-4-3-5-7-12/h3-7,9,15H,2,8,10-11H2,1H3/b13-9-. The summed E-state index contributed by atoms with van der Waals surface area (Å²) in [6.07, 6.45) is 3.16. The molecule has 4 nitrogen and oxygen atoms in total. The lowest BCUT2D eigenvalue weighted by atomic mass is 10.1. The molecule has 0 unspecified atom stereocenters. The molecule has 1 aromatic carbocycles. The van der Waals surface area contributed by atoms with E-state index in [4.69, 9.17) is 5.53 Å². The van der Waals surface area contributed by atoms with E-state index in [1.807, 2.05) is 30.3 Å². The monoisotopic (exact) mass is 230 g/mol. The molecule has 1 N–H and O–H groups in total. The van der Waals surface area contributed by atoms with Gasteiger partial charge in [0, 0.05) is 18.0 Å². The van der Waals surface area contributed by atoms with Gasteiger partial charge in [0.05, 0.1) is 0 Å². The molecule has 1 aromatic rings. The summed E-state index contributed by atoms with van der Waals surface area (Å²) in [6, 6.07) is 10.1. The Labute approximate surface area is 102 Å². The predicted octanol–water partition coefficient (Wildman–Crippen LogP) is 3.38. The van der Waals surface area contributed by atoms with Crippen molar-refractivity contribution in [1.82, 2.24) is 5.32 Å². The normalized spacial score (nSPS) is 11.0. The first-order valence-electron chi connectivity index (χ1n) is 5.83. The Morgan fingerprint density at radius 2 is 2.18 bits per heavy atom. The van der Waals surface area contributed by atoms with E-state index in [0.717, 1.165) is 30.6 Å². The first kappa shape index (κ1) is 13.3. The van der Waals surface area contributed by atoms with Crippen molar-refractivity contribution in [2.24, 2.45) is 5.11 Å². The van der Waals surface area contributed by atoms with Crippen LogP contribution in [-0.2, 0) is 0 Å². The lowest BCUT2D eigenvalue weighted by molar-refractivity contribution is 0.709. The van der Waals surface area contributed by atoms with Gasteiger partial charge in [0.1, 0.15) is 0 Å². The molecule has 0 bridgehead atoms. The molecule has 0 heterocycles. The maximum Gasteiger partial charge on any atom is 0.0485 e. The molecule has 0 radical (unpaired) electrons. The molecule has 1 rings (SSSR count). The van der Waals surface area contributed by atoms with Crippen LogP contribution in [0.15, 0.2) is 41.0 Å². The van der Waals surface area contributed by atoms with Crippen molar-refractivity contribution in [2.45, 2.75) is 13.3 Å². The van der Waals surface area contributed by atoms with E-state index < -0.39 is 0 Å². The Bertz CT molecular complexity index is 391. The van der Waals surface area contributed by atoms with Crippen molar-refractivity contribution >= 4 is 6.08 Å². The third-order valence-corrected chi connectivity index (χ3v) is 2.29. The Hall–Kier alpha value is -1.77. The molecule has 90 valence electrons. The second-order valence-electron chi connectivity index (χ2n) is 3.78. The number of nitrogens with zero attached hydrogens (tertiary/aromatic N) is 3. The van der Waals surface area contributed by atoms with Gasteiger partial charge in [0.15, 0.2) is 0 Å². The molecule has 0 saturated heterocycles. The molecule has 0 fully saturated rings. The molecule has 17 heavy (non-hydrogen) atoms. The first-order valence-corrected chi connectivity index (χ1v) is 5.83. The van der Waals surface area contributed by atoms with Gasteiger partial charge in [-0.15, -0.1) is 0 Å². The van der Waals surface area contributed by atoms with Crippen LogP contribution in [0.2, 0.25) is 0 Å². The highest BCUT2D eigenvalue weighted by Crippen LogP contribution is 2.06. The predicted molar refractivity (Wildman–Crippen MR) is 71.6 cm³/mol. The van der Waals surface area contributed by atoms with E-state index in [9.17, 15) is 0 Å². The van der Waals surface area contributed by atoms with E-state index in [1.54, 1.807) is 0 Å². The highest BCUT2D eigenvalue weighted by Gasteiger charge is 1.96. The topological polar surface area (TPSA) is 60.8 Å². The van der Waals surface area contributed by atoms with Gasteiger partial charge in [-0.05, 0) is 24.1 Å². The van der Waals surface area contributed by atoms with Crippen molar-refractivity contribution in [1.29, 1.82) is 0 Å². The molecular weight excluding hydrogens is 212 g/mol. The number of nitrogens with one attached hydrogen (secondary N) is 1. The van der Waals surface area contributed by atoms with Gasteiger partial charge < -0.3 is 5.32 Å². The number of rotatable bonds is 7. The number of benzene rings is 1. The summed E-state index contributed by atoms with van der Waals surface area (Å²) in [6.45, 7) is 4.28. The zero-order valence-corrected chi connectivity index (χ0v) is 10.1. The highest BCUT2D eigenvalue weighted by atomic mass is 15.1. The molecule has 0 spiro atoms. The van der Waals surface area contributed by atoms with Gasteiger partial charge in [-0.2, -0.15) is 0 Å². The van der Waals surface area contributed by atoms with Gasteiger partial charge in [-0.3, -0.25) is 0 Å². The minimum atomic E-state index is 0.419. The molecule has 0 saturated carbocycles. The van der Waals surface area contributed by atoms with Crippen LogP contribution >= 0.6 is 0 Å². The lowest BCUT2D eigenvalue weighted by Gasteiger charge is -2.06. The summed E-state index contributed by atoms with van der Waals surface area (Å²) in [5.41, 5.74) is 10.6. The molecule has 0 atom stereocenters. The van der Waals surface area contributed by atoms with E-state index >= 15 is 0 Å². The largest absolute Gasteiger partial charge is 0.313 e. The maximum atomic E-state index is 8.36. The fourth-order valence-electron chi connectivity index (χ4n) is 1.49. The van der Waals surface area contributed by atoms with Crippen LogP contribution in [0.25, 0.3) is 16.5 Å². The van der Waals surface area contributed by atoms with Crippen LogP contribution in [0.1, 0.15) is 18.9 Å². The van der Waals surface area contributed by atoms with E-state index in [2.05, 4.69) is 28.3 Å². The molecular formula is C13H18N4. The molecule has 0 aliphatic heterocycles. The third-order valence-electron chi connectivity index (χ3n) is 2.29. The van der Waals surface area contributed by atoms with Crippen LogP contribution in [0.3, 0.4) is 0 Å². The SMILES string of the molecule is CCCNC/C(=C/c1ccccc1)CN=[N+]=[N-]. The van der Waals surface area contributed by atoms with Crippen molar-refractivity contribution in [3.8, 4) is 0 Å². The highest BCUT2D eigenvalue weighted by molar-refractivity contribution is 5.53. The van der Waals surface area contributed by atoms with Crippen LogP contribution in [-0.4, -0.2) is 19.6 Å². The van der Waals surface area contributed by atoms with Gasteiger partial charge >= 0.3 is 0 Å². The average Bonchev–Trinajstić information content (AvgIpc) is 2.37. The van der Waals surface area contributed by atoms with Gasteiger partial charge in [0.2, 0.25) is 0 Å². The minimum Gasteiger partial charge on any atom is -0.313 e. The second-order valence-corrected chi connectivity index (χ2v) is 3.78. The van der Waals surface area contributed by atoms with Gasteiger partial charge in [-0.1, -0.05) is 54.0 Å². The van der Waals surface area contributed by atoms with Crippen molar-refractivity contribution in [3.63, 3.8) is 0 Å². The van der Waals surface area contributed by atoms with E-state index in [-0.39, 0.29) is 0 Å². The second kappa shape index (κ2) is 8.39. The summed E-state index contributed by atoms with van der Waals surface area (Å²) in [5.74, 6) is 0. The number of hydrogen-bond acceptors (Lipinski definition) is 2. The van der Waals surface area contributed by atoms with Crippen LogP contribution in [0.5, 0.6) is 0 Å². The number of azide groups is 1. The summed E-state index contributed by atoms with van der Waals surface area (Å²) in [4.78, 5) is 2.80. The van der Waals surface area contributed by atoms with Crippen molar-refractivity contribution in [2.75, 3.05) is 19.6 Å². The zero-order chi connectivity index (χ0) is 12.3. The maximum absolute atomic E-state index is 8.36. The van der Waals surface area contributed by atoms with E-state index in [0.29, 0.717) is 6.54 Å². The summed E-state index contributed by atoms with van der Waals surface area (Å²) in [7, 11) is 0. The lowest BCUT2D eigenvalue weighted by Crippen LogP contribution is -2.18. The fourth-order valence-corrected chi connectivity index (χ4v) is 1.49. The summed E-state index contributed by atoms with van der Waals surface area (Å²) < 4.78 is 0. The molecule has 0 aromatic heterocycles. The van der Waals surface area contributed by atoms with Gasteiger partial charge in [-0.25, -0.2) is 0 Å². The Morgan fingerprint density at radius 1 is 1.41 bits per heavy atom. The van der Waals surface area contributed by atoms with Crippen LogP contribution < -0.4 is 5.32 Å². The smallest absolute Gasteiger partial charge is 0.0485 e. The summed E-state index contributed by atoms with van der Waals surface area (Å²) >= 11 is 0. The molecule has 0 aliphatic carbocycles. The Morgan fingerprint density at radius 3 is 2.82 bits per heavy atom. The summed E-state index contributed by atoms with van der Waals surface area (Å²) in [5, 5.41) is 6.93. The van der Waals surface area contributed by atoms with Crippen LogP contribution in [0.4, 0.5) is 0 Å². The Kier molecular flexibility index (Phi) is 6.56. The first-order chi connectivity index (χ1) is 8.36. The van der Waals surface area contributed by atoms with Crippen molar-refractivity contribution in [3.05, 3.63) is 51.9 Å². The van der Waals surface area contributed by atoms with Crippen molar-refractivity contribution < 1.29 is 0 Å². The van der Waals surface area contributed by atoms with E-state index in [1.165, 1.54) is 0 Å². The molecule has 0 aliphatic rings. The third kappa shape index (κ3) is 5.76. The quantitative estimate of drug-likeness (QED) is 0.332. The number of hydrogen-bond donors (Lipinski definition) is 1. The molecule has 4 heteroatoms. The minimum absolute atomic E-state index is 0.419. The van der Waals surface area contributed by atoms with Crippen LogP contribution in [0, 0.1) is 0 Å². The zero-order valence-electron chi connectivity index (χ0n) is 10.1. The van der Waals surface area contributed by atoms with Gasteiger partial charge in [0.25, 0.3) is 0 Å².